The average molecular weight is 703 g/mol. The van der Waals surface area contributed by atoms with E-state index in [-0.39, 0.29) is 48.3 Å². The van der Waals surface area contributed by atoms with E-state index >= 15 is 0 Å². The molecule has 0 aromatic rings. The molecule has 2 N–H and O–H groups in total. The quantitative estimate of drug-likeness (QED) is 0.0625. The van der Waals surface area contributed by atoms with Gasteiger partial charge < -0.3 is 24.8 Å². The number of amides is 2. The second-order valence-corrected chi connectivity index (χ2v) is 16.8. The van der Waals surface area contributed by atoms with E-state index in [1.54, 1.807) is 13.8 Å². The highest BCUT2D eigenvalue weighted by Gasteiger charge is 2.46. The van der Waals surface area contributed by atoms with Gasteiger partial charge in [-0.3, -0.25) is 14.4 Å². The zero-order valence-corrected chi connectivity index (χ0v) is 32.7. The molecule has 1 heterocycles. The lowest BCUT2D eigenvalue weighted by Crippen LogP contribution is -2.56. The Kier molecular flexibility index (Phi) is 18.9. The molecule has 3 unspecified atom stereocenters. The van der Waals surface area contributed by atoms with Crippen molar-refractivity contribution in [2.75, 3.05) is 13.2 Å². The molecule has 0 aromatic carbocycles. The molecule has 8 heteroatoms. The van der Waals surface area contributed by atoms with Crippen LogP contribution in [0.15, 0.2) is 12.2 Å². The first-order valence-electron chi connectivity index (χ1n) is 20.7. The van der Waals surface area contributed by atoms with Gasteiger partial charge in [-0.2, -0.15) is 0 Å². The zero-order valence-electron chi connectivity index (χ0n) is 32.7. The second-order valence-electron chi connectivity index (χ2n) is 16.8. The smallest absolute Gasteiger partial charge is 0.307 e. The highest BCUT2D eigenvalue weighted by atomic mass is 16.7. The van der Waals surface area contributed by atoms with Crippen LogP contribution in [0.25, 0.3) is 0 Å². The Morgan fingerprint density at radius 1 is 0.780 bits per heavy atom. The van der Waals surface area contributed by atoms with Crippen LogP contribution in [0, 0.1) is 10.8 Å². The highest BCUT2D eigenvalue weighted by Crippen LogP contribution is 2.43. The van der Waals surface area contributed by atoms with Gasteiger partial charge in [0.1, 0.15) is 12.2 Å². The summed E-state index contributed by atoms with van der Waals surface area (Å²) < 4.78 is 17.6. The molecule has 0 bridgehead atoms. The summed E-state index contributed by atoms with van der Waals surface area (Å²) >= 11 is 0. The Bertz CT molecular complexity index is 1030. The maximum Gasteiger partial charge on any atom is 0.307 e. The van der Waals surface area contributed by atoms with E-state index in [4.69, 9.17) is 14.2 Å². The van der Waals surface area contributed by atoms with E-state index < -0.39 is 17.3 Å². The summed E-state index contributed by atoms with van der Waals surface area (Å²) in [7, 11) is 0. The molecule has 3 fully saturated rings. The van der Waals surface area contributed by atoms with Gasteiger partial charge >= 0.3 is 5.97 Å². The second kappa shape index (κ2) is 22.2. The minimum atomic E-state index is -0.835. The number of esters is 1. The average Bonchev–Trinajstić information content (AvgIpc) is 3.57. The van der Waals surface area contributed by atoms with Crippen molar-refractivity contribution >= 4 is 17.8 Å². The molecule has 0 radical (unpaired) electrons. The van der Waals surface area contributed by atoms with Crippen LogP contribution in [-0.4, -0.2) is 55.0 Å². The minimum absolute atomic E-state index is 0.0792. The Hall–Kier alpha value is -1.93. The molecule has 0 spiro atoms. The number of rotatable bonds is 23. The molecule has 288 valence electrons. The predicted octanol–water partition coefficient (Wildman–Crippen LogP) is 9.63. The van der Waals surface area contributed by atoms with Crippen LogP contribution >= 0.6 is 0 Å². The van der Waals surface area contributed by atoms with Gasteiger partial charge in [-0.05, 0) is 78.1 Å². The van der Waals surface area contributed by atoms with E-state index in [9.17, 15) is 14.4 Å². The molecule has 1 aliphatic heterocycles. The van der Waals surface area contributed by atoms with Crippen LogP contribution in [0.4, 0.5) is 0 Å². The van der Waals surface area contributed by atoms with Crippen molar-refractivity contribution in [3.05, 3.63) is 12.2 Å². The number of carbonyl (C=O) groups excluding carboxylic acids is 3. The molecule has 3 rings (SSSR count). The van der Waals surface area contributed by atoms with Crippen molar-refractivity contribution in [1.29, 1.82) is 0 Å². The van der Waals surface area contributed by atoms with Crippen molar-refractivity contribution < 1.29 is 28.6 Å². The van der Waals surface area contributed by atoms with Gasteiger partial charge in [0.05, 0.1) is 19.1 Å². The summed E-state index contributed by atoms with van der Waals surface area (Å²) in [6, 6.07) is -0.147. The summed E-state index contributed by atoms with van der Waals surface area (Å²) in [5.41, 5.74) is -0.750. The third kappa shape index (κ3) is 15.0. The number of ether oxygens (including phenoxy) is 3. The first-order chi connectivity index (χ1) is 24.0. The van der Waals surface area contributed by atoms with Crippen molar-refractivity contribution in [3.63, 3.8) is 0 Å². The lowest BCUT2D eigenvalue weighted by molar-refractivity contribution is -0.304. The molecule has 3 atom stereocenters. The van der Waals surface area contributed by atoms with E-state index in [1.807, 2.05) is 13.8 Å². The van der Waals surface area contributed by atoms with Crippen molar-refractivity contribution in [3.8, 4) is 0 Å². The van der Waals surface area contributed by atoms with Gasteiger partial charge in [-0.25, -0.2) is 0 Å². The molecule has 50 heavy (non-hydrogen) atoms. The maximum absolute atomic E-state index is 13.8. The fourth-order valence-electron chi connectivity index (χ4n) is 8.01. The Balaban J connectivity index is 1.32. The van der Waals surface area contributed by atoms with Gasteiger partial charge in [0.25, 0.3) is 0 Å². The predicted molar refractivity (Wildman–Crippen MR) is 202 cm³/mol. The minimum Gasteiger partial charge on any atom is -0.460 e. The van der Waals surface area contributed by atoms with E-state index in [2.05, 4.69) is 29.7 Å². The third-order valence-corrected chi connectivity index (χ3v) is 11.3. The summed E-state index contributed by atoms with van der Waals surface area (Å²) in [5, 5.41) is 6.24. The van der Waals surface area contributed by atoms with E-state index in [0.717, 1.165) is 64.2 Å². The maximum atomic E-state index is 13.8. The summed E-state index contributed by atoms with van der Waals surface area (Å²) in [4.78, 5) is 39.7. The Morgan fingerprint density at radius 3 is 2.04 bits per heavy atom. The first kappa shape index (κ1) is 42.5. The van der Waals surface area contributed by atoms with Gasteiger partial charge in [-0.15, -0.1) is 0 Å². The van der Waals surface area contributed by atoms with Crippen LogP contribution in [0.3, 0.4) is 0 Å². The lowest BCUT2D eigenvalue weighted by atomic mass is 9.79. The zero-order chi connectivity index (χ0) is 36.3. The number of hydrogen-bond donors (Lipinski definition) is 2. The molecular weight excluding hydrogens is 628 g/mol. The third-order valence-electron chi connectivity index (χ3n) is 11.3. The number of hydrogen-bond acceptors (Lipinski definition) is 6. The van der Waals surface area contributed by atoms with Crippen LogP contribution < -0.4 is 10.6 Å². The van der Waals surface area contributed by atoms with E-state index in [0.29, 0.717) is 6.61 Å². The Labute approximate surface area is 305 Å². The topological polar surface area (TPSA) is 103 Å². The summed E-state index contributed by atoms with van der Waals surface area (Å²) in [5.74, 6) is -1.25. The molecule has 2 saturated carbocycles. The summed E-state index contributed by atoms with van der Waals surface area (Å²) in [6.07, 6.45) is 30.6. The fourth-order valence-corrected chi connectivity index (χ4v) is 8.01. The molecule has 1 saturated heterocycles. The molecule has 2 amide bonds. The number of allylic oxidation sites excluding steroid dienone is 2. The molecule has 3 aliphatic rings. The van der Waals surface area contributed by atoms with E-state index in [1.165, 1.54) is 83.5 Å². The fraction of sp³-hybridized carbons (Fsp3) is 0.881. The number of unbranched alkanes of at least 4 members (excludes halogenated alkanes) is 12. The van der Waals surface area contributed by atoms with Crippen LogP contribution in [0.2, 0.25) is 0 Å². The van der Waals surface area contributed by atoms with Gasteiger partial charge in [0, 0.05) is 17.4 Å². The number of nitrogens with one attached hydrogen (secondary N) is 2. The number of carbonyl (C=O) groups is 3. The van der Waals surface area contributed by atoms with Crippen LogP contribution in [-0.2, 0) is 28.6 Å². The van der Waals surface area contributed by atoms with Gasteiger partial charge in [-0.1, -0.05) is 116 Å². The summed E-state index contributed by atoms with van der Waals surface area (Å²) in [6.45, 7) is 10.3. The lowest BCUT2D eigenvalue weighted by Gasteiger charge is -2.44. The van der Waals surface area contributed by atoms with Crippen molar-refractivity contribution in [1.82, 2.24) is 10.6 Å². The largest absolute Gasteiger partial charge is 0.460 e. The van der Waals surface area contributed by atoms with Gasteiger partial charge in [0.2, 0.25) is 11.8 Å². The SMILES string of the molecule is CCCCCCCCC=CCCCCCCCCC1(C(=O)NC2CCCCC2OC(=O)CCNC(=O)C2OC(C)(C)OCC2(C)C)CCCC1. The van der Waals surface area contributed by atoms with Gasteiger partial charge in [0.15, 0.2) is 5.79 Å². The molecular formula is C42H74N2O6. The van der Waals surface area contributed by atoms with Crippen molar-refractivity contribution in [2.24, 2.45) is 10.8 Å². The van der Waals surface area contributed by atoms with Crippen molar-refractivity contribution in [2.45, 2.75) is 213 Å². The monoisotopic (exact) mass is 703 g/mol. The molecule has 2 aliphatic carbocycles. The highest BCUT2D eigenvalue weighted by molar-refractivity contribution is 5.83. The van der Waals surface area contributed by atoms with Crippen LogP contribution in [0.5, 0.6) is 0 Å². The molecule has 8 nitrogen and oxygen atoms in total. The first-order valence-corrected chi connectivity index (χ1v) is 20.7. The molecule has 0 aromatic heterocycles. The van der Waals surface area contributed by atoms with Crippen LogP contribution in [0.1, 0.15) is 189 Å². The standard InChI is InChI=1S/C42H74N2O6/c1-6-7-8-9-10-11-12-13-14-15-16-17-18-19-20-23-29-42(30-24-25-31-42)39(47)44-34-26-21-22-27-35(34)49-36(45)28-32-43-38(46)37-40(2,3)33-48-41(4,5)50-37/h13-14,34-35,37H,6-12,15-33H2,1-5H3,(H,43,46)(H,44,47). The normalized spacial score (nSPS) is 24.2. The Morgan fingerprint density at radius 2 is 1.38 bits per heavy atom.